The Morgan fingerprint density at radius 1 is 1.33 bits per heavy atom. The van der Waals surface area contributed by atoms with Gasteiger partial charge >= 0.3 is 6.09 Å². The molecule has 3 heterocycles. The molecule has 0 saturated carbocycles. The molecule has 0 N–H and O–H groups in total. The molecule has 1 aromatic rings. The predicted molar refractivity (Wildman–Crippen MR) is 88.6 cm³/mol. The molecule has 0 bridgehead atoms. The first-order chi connectivity index (χ1) is 11.4. The van der Waals surface area contributed by atoms with Gasteiger partial charge in [-0.15, -0.1) is 0 Å². The molecule has 2 aliphatic heterocycles. The molecule has 0 radical (unpaired) electrons. The number of nitriles is 1. The molecule has 3 rings (SSSR count). The third-order valence-corrected chi connectivity index (χ3v) is 4.59. The van der Waals surface area contributed by atoms with Crippen molar-refractivity contribution < 1.29 is 14.3 Å². The molecule has 6 nitrogen and oxygen atoms in total. The first kappa shape index (κ1) is 16.8. The fourth-order valence-corrected chi connectivity index (χ4v) is 3.44. The third-order valence-electron chi connectivity index (χ3n) is 4.59. The largest absolute Gasteiger partial charge is 0.444 e. The quantitative estimate of drug-likeness (QED) is 0.793. The normalized spacial score (nSPS) is 18.8. The summed E-state index contributed by atoms with van der Waals surface area (Å²) in [6.45, 7) is 8.89. The van der Waals surface area contributed by atoms with Gasteiger partial charge in [-0.1, -0.05) is 0 Å². The topological polar surface area (TPSA) is 67.5 Å². The number of carbonyl (C=O) groups is 1. The molecule has 1 fully saturated rings. The van der Waals surface area contributed by atoms with Crippen LogP contribution in [0.3, 0.4) is 0 Å². The highest BCUT2D eigenvalue weighted by Gasteiger charge is 2.31. The van der Waals surface area contributed by atoms with Gasteiger partial charge in [0.2, 0.25) is 0 Å². The molecule has 0 aromatic carbocycles. The van der Waals surface area contributed by atoms with Crippen LogP contribution in [0.2, 0.25) is 0 Å². The zero-order valence-corrected chi connectivity index (χ0v) is 14.7. The van der Waals surface area contributed by atoms with Gasteiger partial charge in [0.15, 0.2) is 0 Å². The van der Waals surface area contributed by atoms with Crippen molar-refractivity contribution in [2.45, 2.75) is 58.2 Å². The van der Waals surface area contributed by atoms with E-state index in [-0.39, 0.29) is 6.09 Å². The smallest absolute Gasteiger partial charge is 0.410 e. The maximum atomic E-state index is 12.3. The van der Waals surface area contributed by atoms with Gasteiger partial charge < -0.3 is 18.9 Å². The van der Waals surface area contributed by atoms with Crippen molar-refractivity contribution in [1.29, 1.82) is 5.26 Å². The van der Waals surface area contributed by atoms with E-state index in [4.69, 9.17) is 9.47 Å². The van der Waals surface area contributed by atoms with Crippen LogP contribution in [0.15, 0.2) is 6.07 Å². The van der Waals surface area contributed by atoms with Gasteiger partial charge in [-0.05, 0) is 39.7 Å². The minimum atomic E-state index is -0.512. The maximum absolute atomic E-state index is 12.3. The molecule has 0 spiro atoms. The summed E-state index contributed by atoms with van der Waals surface area (Å²) < 4.78 is 13.1. The molecule has 0 unspecified atom stereocenters. The number of fused-ring (bicyclic) bond motifs is 1. The van der Waals surface area contributed by atoms with E-state index in [0.717, 1.165) is 31.7 Å². The Labute approximate surface area is 142 Å². The molecule has 1 aromatic heterocycles. The van der Waals surface area contributed by atoms with Crippen LogP contribution in [-0.4, -0.2) is 40.9 Å². The van der Waals surface area contributed by atoms with Crippen LogP contribution < -0.4 is 0 Å². The molecule has 24 heavy (non-hydrogen) atoms. The van der Waals surface area contributed by atoms with Crippen LogP contribution >= 0.6 is 0 Å². The maximum Gasteiger partial charge on any atom is 0.410 e. The van der Waals surface area contributed by atoms with E-state index in [1.54, 1.807) is 4.90 Å². The van der Waals surface area contributed by atoms with E-state index >= 15 is 0 Å². The highest BCUT2D eigenvalue weighted by Crippen LogP contribution is 2.32. The van der Waals surface area contributed by atoms with Crippen molar-refractivity contribution in [2.24, 2.45) is 0 Å². The van der Waals surface area contributed by atoms with Gasteiger partial charge in [0, 0.05) is 37.9 Å². The lowest BCUT2D eigenvalue weighted by molar-refractivity contribution is 0.0196. The molecule has 1 amide bonds. The van der Waals surface area contributed by atoms with E-state index in [2.05, 4.69) is 10.6 Å². The summed E-state index contributed by atoms with van der Waals surface area (Å²) in [6, 6.07) is 4.30. The van der Waals surface area contributed by atoms with E-state index < -0.39 is 5.60 Å². The monoisotopic (exact) mass is 331 g/mol. The summed E-state index contributed by atoms with van der Waals surface area (Å²) in [4.78, 5) is 14.0. The predicted octanol–water partition coefficient (Wildman–Crippen LogP) is 3.00. The molecule has 0 atom stereocenters. The third kappa shape index (κ3) is 3.41. The molecule has 1 saturated heterocycles. The zero-order chi connectivity index (χ0) is 17.3. The zero-order valence-electron chi connectivity index (χ0n) is 14.7. The van der Waals surface area contributed by atoms with Crippen molar-refractivity contribution in [3.05, 3.63) is 23.0 Å². The van der Waals surface area contributed by atoms with Crippen LogP contribution in [0, 0.1) is 11.3 Å². The van der Waals surface area contributed by atoms with Crippen LogP contribution in [-0.2, 0) is 22.6 Å². The van der Waals surface area contributed by atoms with Crippen molar-refractivity contribution in [1.82, 2.24) is 9.47 Å². The van der Waals surface area contributed by atoms with Crippen molar-refractivity contribution in [3.8, 4) is 6.07 Å². The molecule has 130 valence electrons. The number of carbonyl (C=O) groups excluding carboxylic acids is 1. The standard InChI is InChI=1S/C18H25N3O3/c1-18(2,3)24-17(22)20-6-7-21-15(13-4-8-23-9-5-13)10-14(11-19)16(21)12-20/h10,13H,4-9,12H2,1-3H3. The van der Waals surface area contributed by atoms with Gasteiger partial charge in [-0.25, -0.2) is 4.79 Å². The Balaban J connectivity index is 1.82. The second-order valence-electron chi connectivity index (χ2n) is 7.48. The van der Waals surface area contributed by atoms with Gasteiger partial charge in [0.1, 0.15) is 11.7 Å². The lowest BCUT2D eigenvalue weighted by atomic mass is 9.96. The summed E-state index contributed by atoms with van der Waals surface area (Å²) in [7, 11) is 0. The number of ether oxygens (including phenoxy) is 2. The Morgan fingerprint density at radius 2 is 2.04 bits per heavy atom. The summed E-state index contributed by atoms with van der Waals surface area (Å²) in [6.07, 6.45) is 1.67. The summed E-state index contributed by atoms with van der Waals surface area (Å²) in [5.74, 6) is 0.438. The van der Waals surface area contributed by atoms with E-state index in [0.29, 0.717) is 31.1 Å². The average molecular weight is 331 g/mol. The minimum absolute atomic E-state index is 0.313. The number of hydrogen-bond donors (Lipinski definition) is 0. The summed E-state index contributed by atoms with van der Waals surface area (Å²) >= 11 is 0. The van der Waals surface area contributed by atoms with E-state index in [1.807, 2.05) is 26.8 Å². The van der Waals surface area contributed by atoms with Crippen LogP contribution in [0.1, 0.15) is 56.5 Å². The lowest BCUT2D eigenvalue weighted by Gasteiger charge is -2.33. The number of hydrogen-bond acceptors (Lipinski definition) is 4. The summed E-state index contributed by atoms with van der Waals surface area (Å²) in [5, 5.41) is 9.49. The van der Waals surface area contributed by atoms with Crippen molar-refractivity contribution in [3.63, 3.8) is 0 Å². The molecule has 6 heteroatoms. The average Bonchev–Trinajstić information content (AvgIpc) is 2.92. The first-order valence-corrected chi connectivity index (χ1v) is 8.57. The SMILES string of the molecule is CC(C)(C)OC(=O)N1CCn2c(C3CCOCC3)cc(C#N)c2C1. The van der Waals surface area contributed by atoms with E-state index in [1.165, 1.54) is 5.69 Å². The Hall–Kier alpha value is -2.00. The number of amides is 1. The van der Waals surface area contributed by atoms with Crippen molar-refractivity contribution >= 4 is 6.09 Å². The van der Waals surface area contributed by atoms with Gasteiger partial charge in [0.25, 0.3) is 0 Å². The Kier molecular flexibility index (Phi) is 4.55. The highest BCUT2D eigenvalue weighted by atomic mass is 16.6. The van der Waals surface area contributed by atoms with Crippen molar-refractivity contribution in [2.75, 3.05) is 19.8 Å². The fourth-order valence-electron chi connectivity index (χ4n) is 3.44. The second kappa shape index (κ2) is 6.48. The van der Waals surface area contributed by atoms with Gasteiger partial charge in [-0.3, -0.25) is 0 Å². The number of aromatic nitrogens is 1. The van der Waals surface area contributed by atoms with Gasteiger partial charge in [0.05, 0.1) is 17.8 Å². The number of rotatable bonds is 1. The Bertz CT molecular complexity index is 660. The molecular formula is C18H25N3O3. The minimum Gasteiger partial charge on any atom is -0.444 e. The van der Waals surface area contributed by atoms with Crippen LogP contribution in [0.4, 0.5) is 4.79 Å². The molecule has 0 aliphatic carbocycles. The molecular weight excluding hydrogens is 306 g/mol. The first-order valence-electron chi connectivity index (χ1n) is 8.57. The van der Waals surface area contributed by atoms with Crippen LogP contribution in [0.25, 0.3) is 0 Å². The highest BCUT2D eigenvalue weighted by molar-refractivity contribution is 5.68. The number of nitrogens with zero attached hydrogens (tertiary/aromatic N) is 3. The summed E-state index contributed by atoms with van der Waals surface area (Å²) in [5.41, 5.74) is 2.30. The van der Waals surface area contributed by atoms with Gasteiger partial charge in [-0.2, -0.15) is 5.26 Å². The fraction of sp³-hybridized carbons (Fsp3) is 0.667. The molecule has 2 aliphatic rings. The second-order valence-corrected chi connectivity index (χ2v) is 7.48. The van der Waals surface area contributed by atoms with Crippen LogP contribution in [0.5, 0.6) is 0 Å². The lowest BCUT2D eigenvalue weighted by Crippen LogP contribution is -2.42. The van der Waals surface area contributed by atoms with E-state index in [9.17, 15) is 10.1 Å². The Morgan fingerprint density at radius 3 is 2.67 bits per heavy atom.